The second-order valence-corrected chi connectivity index (χ2v) is 6.74. The quantitative estimate of drug-likeness (QED) is 0.893. The van der Waals surface area contributed by atoms with E-state index >= 15 is 0 Å². The summed E-state index contributed by atoms with van der Waals surface area (Å²) >= 11 is 0. The Labute approximate surface area is 117 Å². The van der Waals surface area contributed by atoms with Crippen molar-refractivity contribution in [2.75, 3.05) is 26.2 Å². The maximum Gasteiger partial charge on any atom is 0.0235 e. The van der Waals surface area contributed by atoms with Crippen molar-refractivity contribution >= 4 is 0 Å². The minimum atomic E-state index is 0.620. The van der Waals surface area contributed by atoms with E-state index in [2.05, 4.69) is 47.5 Å². The standard InChI is InChI=1S/C17H26N2/c1-17(8-5-9-17)14-19-11-10-18-16(13-19)12-15-6-3-2-4-7-15/h2-4,6-7,16,18H,5,8-14H2,1H3. The zero-order valence-electron chi connectivity index (χ0n) is 12.1. The average Bonchev–Trinajstić information content (AvgIpc) is 2.38. The first-order chi connectivity index (χ1) is 9.23. The monoisotopic (exact) mass is 258 g/mol. The molecule has 1 aromatic carbocycles. The molecule has 1 unspecified atom stereocenters. The third-order valence-corrected chi connectivity index (χ3v) is 4.83. The highest BCUT2D eigenvalue weighted by Gasteiger charge is 2.34. The highest BCUT2D eigenvalue weighted by molar-refractivity contribution is 5.16. The summed E-state index contributed by atoms with van der Waals surface area (Å²) in [6, 6.07) is 11.5. The molecule has 1 atom stereocenters. The van der Waals surface area contributed by atoms with Gasteiger partial charge in [0.25, 0.3) is 0 Å². The molecular formula is C17H26N2. The lowest BCUT2D eigenvalue weighted by Gasteiger charge is -2.44. The molecule has 2 heteroatoms. The Kier molecular flexibility index (Phi) is 3.90. The molecule has 104 valence electrons. The lowest BCUT2D eigenvalue weighted by atomic mass is 9.70. The van der Waals surface area contributed by atoms with Gasteiger partial charge in [0.1, 0.15) is 0 Å². The van der Waals surface area contributed by atoms with E-state index in [1.54, 1.807) is 0 Å². The number of hydrogen-bond acceptors (Lipinski definition) is 2. The summed E-state index contributed by atoms with van der Waals surface area (Å²) in [7, 11) is 0. The Balaban J connectivity index is 1.53. The van der Waals surface area contributed by atoms with Crippen molar-refractivity contribution in [3.63, 3.8) is 0 Å². The predicted octanol–water partition coefficient (Wildman–Crippen LogP) is 2.69. The molecule has 0 amide bonds. The van der Waals surface area contributed by atoms with Crippen LogP contribution in [0.4, 0.5) is 0 Å². The van der Waals surface area contributed by atoms with Crippen LogP contribution in [0.2, 0.25) is 0 Å². The maximum absolute atomic E-state index is 3.68. The van der Waals surface area contributed by atoms with Crippen LogP contribution in [0.3, 0.4) is 0 Å². The lowest BCUT2D eigenvalue weighted by molar-refractivity contribution is 0.0679. The zero-order valence-corrected chi connectivity index (χ0v) is 12.1. The van der Waals surface area contributed by atoms with Crippen LogP contribution in [0.1, 0.15) is 31.7 Å². The average molecular weight is 258 g/mol. The van der Waals surface area contributed by atoms with Crippen molar-refractivity contribution in [3.8, 4) is 0 Å². The third-order valence-electron chi connectivity index (χ3n) is 4.83. The Morgan fingerprint density at radius 3 is 2.74 bits per heavy atom. The Bertz CT molecular complexity index is 397. The van der Waals surface area contributed by atoms with Crippen LogP contribution in [0, 0.1) is 5.41 Å². The van der Waals surface area contributed by atoms with Gasteiger partial charge in [-0.05, 0) is 30.2 Å². The van der Waals surface area contributed by atoms with Crippen molar-refractivity contribution in [2.45, 2.75) is 38.6 Å². The van der Waals surface area contributed by atoms with E-state index in [9.17, 15) is 0 Å². The molecule has 1 heterocycles. The SMILES string of the molecule is CC1(CN2CCNC(Cc3ccccc3)C2)CCC1. The van der Waals surface area contributed by atoms with E-state index in [1.807, 2.05) is 0 Å². The summed E-state index contributed by atoms with van der Waals surface area (Å²) in [5, 5.41) is 3.68. The summed E-state index contributed by atoms with van der Waals surface area (Å²) < 4.78 is 0. The van der Waals surface area contributed by atoms with Gasteiger partial charge in [-0.15, -0.1) is 0 Å². The molecule has 1 aliphatic carbocycles. The van der Waals surface area contributed by atoms with Gasteiger partial charge >= 0.3 is 0 Å². The van der Waals surface area contributed by atoms with Gasteiger partial charge in [0.2, 0.25) is 0 Å². The number of nitrogens with one attached hydrogen (secondary N) is 1. The van der Waals surface area contributed by atoms with E-state index < -0.39 is 0 Å². The van der Waals surface area contributed by atoms with Crippen molar-refractivity contribution in [3.05, 3.63) is 35.9 Å². The molecule has 19 heavy (non-hydrogen) atoms. The van der Waals surface area contributed by atoms with Gasteiger partial charge in [-0.3, -0.25) is 4.90 Å². The van der Waals surface area contributed by atoms with E-state index in [4.69, 9.17) is 0 Å². The first-order valence-corrected chi connectivity index (χ1v) is 7.73. The summed E-state index contributed by atoms with van der Waals surface area (Å²) in [6.07, 6.45) is 5.46. The van der Waals surface area contributed by atoms with Gasteiger partial charge in [0.15, 0.2) is 0 Å². The summed E-state index contributed by atoms with van der Waals surface area (Å²) in [5.74, 6) is 0. The molecule has 2 fully saturated rings. The minimum absolute atomic E-state index is 0.620. The summed E-state index contributed by atoms with van der Waals surface area (Å²) in [6.45, 7) is 7.35. The molecule has 2 nitrogen and oxygen atoms in total. The van der Waals surface area contributed by atoms with Crippen molar-refractivity contribution in [1.82, 2.24) is 10.2 Å². The first-order valence-electron chi connectivity index (χ1n) is 7.73. The van der Waals surface area contributed by atoms with E-state index in [1.165, 1.54) is 44.5 Å². The van der Waals surface area contributed by atoms with Crippen LogP contribution in [0.15, 0.2) is 30.3 Å². The fraction of sp³-hybridized carbons (Fsp3) is 0.647. The summed E-state index contributed by atoms with van der Waals surface area (Å²) in [5.41, 5.74) is 2.07. The van der Waals surface area contributed by atoms with Gasteiger partial charge in [-0.1, -0.05) is 43.7 Å². The number of benzene rings is 1. The Morgan fingerprint density at radius 2 is 2.05 bits per heavy atom. The zero-order chi connectivity index (χ0) is 13.1. The first kappa shape index (κ1) is 13.1. The van der Waals surface area contributed by atoms with Crippen molar-refractivity contribution in [1.29, 1.82) is 0 Å². The number of nitrogens with zero attached hydrogens (tertiary/aromatic N) is 1. The molecule has 0 radical (unpaired) electrons. The molecular weight excluding hydrogens is 232 g/mol. The van der Waals surface area contributed by atoms with Gasteiger partial charge in [-0.25, -0.2) is 0 Å². The molecule has 0 bridgehead atoms. The van der Waals surface area contributed by atoms with Crippen LogP contribution in [0.25, 0.3) is 0 Å². The molecule has 0 spiro atoms. The van der Waals surface area contributed by atoms with Crippen LogP contribution in [-0.2, 0) is 6.42 Å². The molecule has 1 aromatic rings. The van der Waals surface area contributed by atoms with E-state index in [0.29, 0.717) is 11.5 Å². The number of rotatable bonds is 4. The molecule has 0 aromatic heterocycles. The lowest BCUT2D eigenvalue weighted by Crippen LogP contribution is -2.54. The Morgan fingerprint density at radius 1 is 1.26 bits per heavy atom. The van der Waals surface area contributed by atoms with E-state index in [0.717, 1.165) is 13.0 Å². The number of hydrogen-bond donors (Lipinski definition) is 1. The van der Waals surface area contributed by atoms with Crippen LogP contribution in [-0.4, -0.2) is 37.1 Å². The molecule has 1 saturated heterocycles. The topological polar surface area (TPSA) is 15.3 Å². The molecule has 3 rings (SSSR count). The van der Waals surface area contributed by atoms with Crippen molar-refractivity contribution in [2.24, 2.45) is 5.41 Å². The fourth-order valence-corrected chi connectivity index (χ4v) is 3.55. The van der Waals surface area contributed by atoms with Gasteiger partial charge < -0.3 is 5.32 Å². The van der Waals surface area contributed by atoms with Gasteiger partial charge in [0.05, 0.1) is 0 Å². The summed E-state index contributed by atoms with van der Waals surface area (Å²) in [4.78, 5) is 2.68. The molecule has 1 saturated carbocycles. The van der Waals surface area contributed by atoms with Gasteiger partial charge in [0, 0.05) is 32.2 Å². The maximum atomic E-state index is 3.68. The highest BCUT2D eigenvalue weighted by Crippen LogP contribution is 2.40. The third kappa shape index (κ3) is 3.37. The Hall–Kier alpha value is -0.860. The van der Waals surface area contributed by atoms with Crippen LogP contribution in [0.5, 0.6) is 0 Å². The second-order valence-electron chi connectivity index (χ2n) is 6.74. The molecule has 2 aliphatic rings. The predicted molar refractivity (Wildman–Crippen MR) is 80.3 cm³/mol. The normalized spacial score (nSPS) is 26.9. The van der Waals surface area contributed by atoms with Gasteiger partial charge in [-0.2, -0.15) is 0 Å². The molecule has 1 aliphatic heterocycles. The highest BCUT2D eigenvalue weighted by atomic mass is 15.2. The van der Waals surface area contributed by atoms with Crippen LogP contribution < -0.4 is 5.32 Å². The van der Waals surface area contributed by atoms with Crippen LogP contribution >= 0.6 is 0 Å². The smallest absolute Gasteiger partial charge is 0.0235 e. The minimum Gasteiger partial charge on any atom is -0.311 e. The largest absolute Gasteiger partial charge is 0.311 e. The second kappa shape index (κ2) is 5.64. The molecule has 1 N–H and O–H groups in total. The number of piperazine rings is 1. The van der Waals surface area contributed by atoms with Crippen molar-refractivity contribution < 1.29 is 0 Å². The van der Waals surface area contributed by atoms with E-state index in [-0.39, 0.29) is 0 Å². The fourth-order valence-electron chi connectivity index (χ4n) is 3.55.